The highest BCUT2D eigenvalue weighted by molar-refractivity contribution is 5.86. The molecule has 0 aromatic heterocycles. The highest BCUT2D eigenvalue weighted by Crippen LogP contribution is 2.42. The van der Waals surface area contributed by atoms with Crippen molar-refractivity contribution in [3.8, 4) is 0 Å². The molecule has 0 aliphatic carbocycles. The number of fused-ring (bicyclic) bond motifs is 1. The summed E-state index contributed by atoms with van der Waals surface area (Å²) in [5.41, 5.74) is 0.755. The Morgan fingerprint density at radius 3 is 2.55 bits per heavy atom. The van der Waals surface area contributed by atoms with E-state index in [0.717, 1.165) is 16.3 Å². The van der Waals surface area contributed by atoms with Crippen LogP contribution in [0.4, 0.5) is 13.2 Å². The number of benzene rings is 2. The summed E-state index contributed by atoms with van der Waals surface area (Å²) in [5.74, 6) is -1.30. The monoisotopic (exact) mass is 279 g/mol. The van der Waals surface area contributed by atoms with Gasteiger partial charge >= 0.3 is 6.18 Å². The lowest BCUT2D eigenvalue weighted by molar-refractivity contribution is -0.189. The second kappa shape index (κ2) is 5.09. The third kappa shape index (κ3) is 2.40. The molecule has 1 nitrogen and oxygen atoms in total. The standard InChI is InChI=1S/C16H16F3N/c17-16(18,19)14-9-4-10-20-15(14)13-8-3-6-11-5-1-2-7-12(11)13/h1-3,5-8,14-15,20H,4,9-10H2. The molecule has 1 aliphatic heterocycles. The molecule has 2 aromatic rings. The van der Waals surface area contributed by atoms with Gasteiger partial charge in [-0.25, -0.2) is 0 Å². The van der Waals surface area contributed by atoms with E-state index in [9.17, 15) is 13.2 Å². The number of halogens is 3. The van der Waals surface area contributed by atoms with Crippen molar-refractivity contribution in [3.05, 3.63) is 48.0 Å². The van der Waals surface area contributed by atoms with Gasteiger partial charge < -0.3 is 5.32 Å². The number of nitrogens with one attached hydrogen (secondary N) is 1. The summed E-state index contributed by atoms with van der Waals surface area (Å²) in [6.45, 7) is 0.639. The number of hydrogen-bond acceptors (Lipinski definition) is 1. The molecule has 0 radical (unpaired) electrons. The van der Waals surface area contributed by atoms with Crippen LogP contribution >= 0.6 is 0 Å². The Morgan fingerprint density at radius 2 is 1.75 bits per heavy atom. The minimum Gasteiger partial charge on any atom is -0.309 e. The lowest BCUT2D eigenvalue weighted by Gasteiger charge is -2.34. The first-order valence-corrected chi connectivity index (χ1v) is 6.85. The van der Waals surface area contributed by atoms with Crippen LogP contribution in [-0.2, 0) is 0 Å². The van der Waals surface area contributed by atoms with Crippen LogP contribution in [-0.4, -0.2) is 12.7 Å². The molecule has 2 unspecified atom stereocenters. The quantitative estimate of drug-likeness (QED) is 0.813. The molecule has 1 fully saturated rings. The van der Waals surface area contributed by atoms with Gasteiger partial charge in [0.15, 0.2) is 0 Å². The Kier molecular flexibility index (Phi) is 3.42. The predicted octanol–water partition coefficient (Wildman–Crippen LogP) is 4.44. The molecule has 2 aromatic carbocycles. The Morgan fingerprint density at radius 1 is 1.00 bits per heavy atom. The van der Waals surface area contributed by atoms with Crippen LogP contribution in [0.2, 0.25) is 0 Å². The average molecular weight is 279 g/mol. The summed E-state index contributed by atoms with van der Waals surface area (Å²) >= 11 is 0. The van der Waals surface area contributed by atoms with E-state index >= 15 is 0 Å². The number of piperidine rings is 1. The van der Waals surface area contributed by atoms with Gasteiger partial charge in [-0.2, -0.15) is 13.2 Å². The lowest BCUT2D eigenvalue weighted by atomic mass is 9.84. The van der Waals surface area contributed by atoms with Gasteiger partial charge in [0.05, 0.1) is 5.92 Å². The second-order valence-electron chi connectivity index (χ2n) is 5.29. The average Bonchev–Trinajstić information content (AvgIpc) is 2.46. The fourth-order valence-corrected chi connectivity index (χ4v) is 3.09. The number of alkyl halides is 3. The maximum absolute atomic E-state index is 13.2. The van der Waals surface area contributed by atoms with Gasteiger partial charge in [0.2, 0.25) is 0 Å². The maximum atomic E-state index is 13.2. The van der Waals surface area contributed by atoms with Crippen LogP contribution in [0.25, 0.3) is 10.8 Å². The molecule has 0 saturated carbocycles. The zero-order valence-corrected chi connectivity index (χ0v) is 11.0. The largest absolute Gasteiger partial charge is 0.393 e. The van der Waals surface area contributed by atoms with E-state index in [0.29, 0.717) is 13.0 Å². The summed E-state index contributed by atoms with van der Waals surface area (Å²) in [7, 11) is 0. The molecule has 3 rings (SSSR count). The van der Waals surface area contributed by atoms with Crippen molar-refractivity contribution in [2.75, 3.05) is 6.54 Å². The molecule has 1 N–H and O–H groups in total. The molecule has 20 heavy (non-hydrogen) atoms. The molecule has 106 valence electrons. The van der Waals surface area contributed by atoms with Crippen molar-refractivity contribution < 1.29 is 13.2 Å². The maximum Gasteiger partial charge on any atom is 0.393 e. The first-order chi connectivity index (χ1) is 9.57. The summed E-state index contributed by atoms with van der Waals surface area (Å²) < 4.78 is 39.7. The zero-order chi connectivity index (χ0) is 14.2. The minimum atomic E-state index is -4.16. The summed E-state index contributed by atoms with van der Waals surface area (Å²) in [4.78, 5) is 0. The first kappa shape index (κ1) is 13.4. The van der Waals surface area contributed by atoms with Crippen LogP contribution in [0.5, 0.6) is 0 Å². The minimum absolute atomic E-state index is 0.199. The van der Waals surface area contributed by atoms with Crippen molar-refractivity contribution in [2.24, 2.45) is 5.92 Å². The highest BCUT2D eigenvalue weighted by atomic mass is 19.4. The molecule has 0 amide bonds. The molecule has 1 heterocycles. The van der Waals surface area contributed by atoms with E-state index < -0.39 is 18.1 Å². The van der Waals surface area contributed by atoms with Crippen LogP contribution in [0.3, 0.4) is 0 Å². The molecule has 2 atom stereocenters. The highest BCUT2D eigenvalue weighted by Gasteiger charge is 2.46. The van der Waals surface area contributed by atoms with Crippen LogP contribution < -0.4 is 5.32 Å². The normalized spacial score (nSPS) is 23.9. The molecule has 1 saturated heterocycles. The molecular weight excluding hydrogens is 263 g/mol. The summed E-state index contributed by atoms with van der Waals surface area (Å²) in [5, 5.41) is 4.95. The number of hydrogen-bond donors (Lipinski definition) is 1. The molecule has 4 heteroatoms. The van der Waals surface area contributed by atoms with Crippen LogP contribution in [0.15, 0.2) is 42.5 Å². The Hall–Kier alpha value is -1.55. The van der Waals surface area contributed by atoms with Crippen molar-refractivity contribution >= 4 is 10.8 Å². The topological polar surface area (TPSA) is 12.0 Å². The van der Waals surface area contributed by atoms with Gasteiger partial charge in [0.25, 0.3) is 0 Å². The summed E-state index contributed by atoms with van der Waals surface area (Å²) in [6, 6.07) is 12.5. The van der Waals surface area contributed by atoms with Gasteiger partial charge in [0.1, 0.15) is 0 Å². The Labute approximate surface area is 115 Å². The lowest BCUT2D eigenvalue weighted by Crippen LogP contribution is -2.41. The van der Waals surface area contributed by atoms with Crippen LogP contribution in [0, 0.1) is 5.92 Å². The van der Waals surface area contributed by atoms with Gasteiger partial charge in [-0.3, -0.25) is 0 Å². The van der Waals surface area contributed by atoms with Gasteiger partial charge in [-0.15, -0.1) is 0 Å². The predicted molar refractivity (Wildman–Crippen MR) is 73.5 cm³/mol. The number of rotatable bonds is 1. The second-order valence-corrected chi connectivity index (χ2v) is 5.29. The van der Waals surface area contributed by atoms with E-state index in [-0.39, 0.29) is 6.42 Å². The SMILES string of the molecule is FC(F)(F)C1CCCNC1c1cccc2ccccc12. The fraction of sp³-hybridized carbons (Fsp3) is 0.375. The Balaban J connectivity index is 2.08. The molecular formula is C16H16F3N. The van der Waals surface area contributed by atoms with Crippen molar-refractivity contribution in [2.45, 2.75) is 25.1 Å². The van der Waals surface area contributed by atoms with Crippen molar-refractivity contribution in [1.29, 1.82) is 0 Å². The molecule has 0 bridgehead atoms. The first-order valence-electron chi connectivity index (χ1n) is 6.85. The van der Waals surface area contributed by atoms with E-state index in [1.165, 1.54) is 0 Å². The summed E-state index contributed by atoms with van der Waals surface area (Å²) in [6.07, 6.45) is -3.38. The third-order valence-corrected chi connectivity index (χ3v) is 4.04. The molecule has 1 aliphatic rings. The third-order valence-electron chi connectivity index (χ3n) is 4.04. The Bertz CT molecular complexity index is 601. The van der Waals surface area contributed by atoms with E-state index in [2.05, 4.69) is 5.32 Å². The van der Waals surface area contributed by atoms with E-state index in [4.69, 9.17) is 0 Å². The van der Waals surface area contributed by atoms with Gasteiger partial charge in [0, 0.05) is 6.04 Å². The van der Waals surface area contributed by atoms with Gasteiger partial charge in [-0.1, -0.05) is 42.5 Å². The van der Waals surface area contributed by atoms with E-state index in [1.54, 1.807) is 0 Å². The van der Waals surface area contributed by atoms with Crippen molar-refractivity contribution in [3.63, 3.8) is 0 Å². The van der Waals surface area contributed by atoms with Crippen LogP contribution in [0.1, 0.15) is 24.4 Å². The van der Waals surface area contributed by atoms with E-state index in [1.807, 2.05) is 42.5 Å². The van der Waals surface area contributed by atoms with Gasteiger partial charge in [-0.05, 0) is 35.7 Å². The molecule has 0 spiro atoms. The van der Waals surface area contributed by atoms with Crippen molar-refractivity contribution in [1.82, 2.24) is 5.32 Å². The smallest absolute Gasteiger partial charge is 0.309 e. The zero-order valence-electron chi connectivity index (χ0n) is 11.0. The fourth-order valence-electron chi connectivity index (χ4n) is 3.09.